The molecule has 1 fully saturated rings. The van der Waals surface area contributed by atoms with Crippen molar-refractivity contribution >= 4 is 33.4 Å². The first kappa shape index (κ1) is 17.8. The van der Waals surface area contributed by atoms with Crippen LogP contribution in [0.4, 0.5) is 16.2 Å². The lowest BCUT2D eigenvalue weighted by Crippen LogP contribution is -2.59. The summed E-state index contributed by atoms with van der Waals surface area (Å²) in [5.74, 6) is 0.497. The number of nitro benzene ring substituents is 1. The Hall–Kier alpha value is -2.03. The van der Waals surface area contributed by atoms with Gasteiger partial charge in [0.05, 0.1) is 27.2 Å². The summed E-state index contributed by atoms with van der Waals surface area (Å²) in [5, 5.41) is 11.1. The van der Waals surface area contributed by atoms with Crippen LogP contribution in [0.5, 0.6) is 5.75 Å². The molecule has 1 saturated heterocycles. The second-order valence-electron chi connectivity index (χ2n) is 7.11. The number of piperazine rings is 1. The first-order chi connectivity index (χ1) is 11.7. The Morgan fingerprint density at radius 1 is 1.40 bits per heavy atom. The lowest BCUT2D eigenvalue weighted by Gasteiger charge is -2.45. The number of carbonyl (C=O) groups excluding carboxylic acids is 1. The molecular formula is C16H20BrN3O5. The maximum atomic E-state index is 12.3. The summed E-state index contributed by atoms with van der Waals surface area (Å²) in [6.45, 7) is 7.51. The molecule has 0 saturated carbocycles. The first-order valence-electron chi connectivity index (χ1n) is 8.01. The number of carbonyl (C=O) groups is 1. The van der Waals surface area contributed by atoms with Gasteiger partial charge in [-0.2, -0.15) is 0 Å². The van der Waals surface area contributed by atoms with E-state index in [9.17, 15) is 14.9 Å². The maximum absolute atomic E-state index is 12.3. The van der Waals surface area contributed by atoms with Gasteiger partial charge in [-0.15, -0.1) is 0 Å². The Morgan fingerprint density at radius 3 is 2.76 bits per heavy atom. The van der Waals surface area contributed by atoms with Gasteiger partial charge in [0.25, 0.3) is 5.69 Å². The smallest absolute Gasteiger partial charge is 0.410 e. The summed E-state index contributed by atoms with van der Waals surface area (Å²) in [7, 11) is 0. The van der Waals surface area contributed by atoms with Gasteiger partial charge in [0, 0.05) is 19.6 Å². The highest BCUT2D eigenvalue weighted by Gasteiger charge is 2.37. The molecule has 2 aliphatic heterocycles. The number of halogens is 1. The van der Waals surface area contributed by atoms with Gasteiger partial charge in [-0.25, -0.2) is 4.79 Å². The van der Waals surface area contributed by atoms with E-state index < -0.39 is 10.5 Å². The third-order valence-electron chi connectivity index (χ3n) is 4.10. The van der Waals surface area contributed by atoms with Crippen LogP contribution in [-0.2, 0) is 4.74 Å². The number of anilines is 1. The molecule has 0 radical (unpaired) electrons. The Kier molecular flexibility index (Phi) is 4.52. The van der Waals surface area contributed by atoms with E-state index in [1.165, 1.54) is 6.07 Å². The van der Waals surface area contributed by atoms with Crippen LogP contribution in [0.25, 0.3) is 0 Å². The summed E-state index contributed by atoms with van der Waals surface area (Å²) in [5.41, 5.74) is 0.246. The van der Waals surface area contributed by atoms with Crippen LogP contribution >= 0.6 is 15.9 Å². The van der Waals surface area contributed by atoms with Crippen molar-refractivity contribution in [2.45, 2.75) is 32.4 Å². The molecular weight excluding hydrogens is 394 g/mol. The topological polar surface area (TPSA) is 85.2 Å². The lowest BCUT2D eigenvalue weighted by molar-refractivity contribution is -0.385. The van der Waals surface area contributed by atoms with Crippen LogP contribution in [0.1, 0.15) is 20.8 Å². The molecule has 9 heteroatoms. The van der Waals surface area contributed by atoms with Crippen molar-refractivity contribution in [3.8, 4) is 5.75 Å². The van der Waals surface area contributed by atoms with Gasteiger partial charge in [-0.3, -0.25) is 10.1 Å². The number of hydrogen-bond donors (Lipinski definition) is 0. The van der Waals surface area contributed by atoms with E-state index in [2.05, 4.69) is 20.8 Å². The van der Waals surface area contributed by atoms with Gasteiger partial charge >= 0.3 is 6.09 Å². The normalized spacial score (nSPS) is 19.6. The SMILES string of the molecule is CC(C)(C)OC(=O)N1CCN2c3cc(Br)c([N+](=O)[O-])cc3OC[C@H]2C1. The third-order valence-corrected chi connectivity index (χ3v) is 4.74. The Balaban J connectivity index is 1.78. The van der Waals surface area contributed by atoms with E-state index in [1.807, 2.05) is 20.8 Å². The average Bonchev–Trinajstić information content (AvgIpc) is 2.51. The molecule has 0 N–H and O–H groups in total. The number of fused-ring (bicyclic) bond motifs is 3. The van der Waals surface area contributed by atoms with Crippen molar-refractivity contribution in [1.82, 2.24) is 4.90 Å². The van der Waals surface area contributed by atoms with E-state index in [4.69, 9.17) is 9.47 Å². The van der Waals surface area contributed by atoms with Gasteiger partial charge in [0.2, 0.25) is 0 Å². The minimum absolute atomic E-state index is 0.0119. The van der Waals surface area contributed by atoms with E-state index in [0.717, 1.165) is 5.69 Å². The van der Waals surface area contributed by atoms with Crippen molar-refractivity contribution in [2.75, 3.05) is 31.1 Å². The highest BCUT2D eigenvalue weighted by Crippen LogP contribution is 2.41. The van der Waals surface area contributed by atoms with Crippen molar-refractivity contribution in [1.29, 1.82) is 0 Å². The fourth-order valence-electron chi connectivity index (χ4n) is 3.01. The van der Waals surface area contributed by atoms with Gasteiger partial charge in [0.1, 0.15) is 18.0 Å². The summed E-state index contributed by atoms with van der Waals surface area (Å²) in [4.78, 5) is 26.7. The average molecular weight is 414 g/mol. The van der Waals surface area contributed by atoms with Gasteiger partial charge < -0.3 is 19.3 Å². The van der Waals surface area contributed by atoms with E-state index in [0.29, 0.717) is 36.5 Å². The molecule has 0 bridgehead atoms. The molecule has 25 heavy (non-hydrogen) atoms. The lowest BCUT2D eigenvalue weighted by atomic mass is 10.1. The maximum Gasteiger partial charge on any atom is 0.410 e. The number of benzene rings is 1. The minimum atomic E-state index is -0.534. The van der Waals surface area contributed by atoms with Crippen LogP contribution in [0.3, 0.4) is 0 Å². The molecule has 1 amide bonds. The molecule has 136 valence electrons. The zero-order valence-corrected chi connectivity index (χ0v) is 15.9. The fraction of sp³-hybridized carbons (Fsp3) is 0.562. The van der Waals surface area contributed by atoms with Crippen molar-refractivity contribution in [2.24, 2.45) is 0 Å². The molecule has 1 aromatic carbocycles. The van der Waals surface area contributed by atoms with Crippen molar-refractivity contribution in [3.63, 3.8) is 0 Å². The molecule has 2 aliphatic rings. The number of rotatable bonds is 1. The van der Waals surface area contributed by atoms with Crippen molar-refractivity contribution < 1.29 is 19.2 Å². The fourth-order valence-corrected chi connectivity index (χ4v) is 3.48. The molecule has 0 spiro atoms. The van der Waals surface area contributed by atoms with Crippen LogP contribution in [0.15, 0.2) is 16.6 Å². The second-order valence-corrected chi connectivity index (χ2v) is 7.97. The molecule has 1 aromatic rings. The largest absolute Gasteiger partial charge is 0.489 e. The Labute approximate surface area is 153 Å². The van der Waals surface area contributed by atoms with Crippen LogP contribution in [0.2, 0.25) is 0 Å². The number of ether oxygens (including phenoxy) is 2. The van der Waals surface area contributed by atoms with Crippen LogP contribution in [-0.4, -0.2) is 53.8 Å². The molecule has 0 aromatic heterocycles. The summed E-state index contributed by atoms with van der Waals surface area (Å²) in [6.07, 6.45) is -0.331. The monoisotopic (exact) mass is 413 g/mol. The zero-order chi connectivity index (χ0) is 18.4. The minimum Gasteiger partial charge on any atom is -0.489 e. The zero-order valence-electron chi connectivity index (χ0n) is 14.3. The highest BCUT2D eigenvalue weighted by molar-refractivity contribution is 9.10. The molecule has 8 nitrogen and oxygen atoms in total. The van der Waals surface area contributed by atoms with E-state index in [1.54, 1.807) is 11.0 Å². The second kappa shape index (κ2) is 6.36. The number of amides is 1. The molecule has 0 unspecified atom stereocenters. The predicted molar refractivity (Wildman–Crippen MR) is 95.2 cm³/mol. The summed E-state index contributed by atoms with van der Waals surface area (Å²) in [6, 6.07) is 3.14. The first-order valence-corrected chi connectivity index (χ1v) is 8.80. The Morgan fingerprint density at radius 2 is 2.12 bits per heavy atom. The highest BCUT2D eigenvalue weighted by atomic mass is 79.9. The van der Waals surface area contributed by atoms with Gasteiger partial charge in [-0.1, -0.05) is 0 Å². The number of hydrogen-bond acceptors (Lipinski definition) is 6. The standard InChI is InChI=1S/C16H20BrN3O5/c1-16(2,3)25-15(21)18-4-5-19-10(8-18)9-24-14-7-12(20(22)23)11(17)6-13(14)19/h6-7,10H,4-5,8-9H2,1-3H3/t10-/m1/s1. The number of nitro groups is 1. The predicted octanol–water partition coefficient (Wildman–Crippen LogP) is 3.18. The van der Waals surface area contributed by atoms with Crippen LogP contribution in [0, 0.1) is 10.1 Å². The number of nitrogens with zero attached hydrogens (tertiary/aromatic N) is 3. The molecule has 1 atom stereocenters. The third kappa shape index (κ3) is 3.65. The van der Waals surface area contributed by atoms with Crippen LogP contribution < -0.4 is 9.64 Å². The van der Waals surface area contributed by atoms with Gasteiger partial charge in [-0.05, 0) is 42.8 Å². The van der Waals surface area contributed by atoms with Gasteiger partial charge in [0.15, 0.2) is 0 Å². The summed E-state index contributed by atoms with van der Waals surface area (Å²) < 4.78 is 11.6. The quantitative estimate of drug-likeness (QED) is 0.519. The molecule has 3 rings (SSSR count). The Bertz CT molecular complexity index is 718. The van der Waals surface area contributed by atoms with E-state index in [-0.39, 0.29) is 17.8 Å². The summed E-state index contributed by atoms with van der Waals surface area (Å²) >= 11 is 3.25. The van der Waals surface area contributed by atoms with E-state index >= 15 is 0 Å². The molecule has 2 heterocycles. The molecule has 0 aliphatic carbocycles. The van der Waals surface area contributed by atoms with Crippen molar-refractivity contribution in [3.05, 3.63) is 26.7 Å².